The second-order valence-corrected chi connectivity index (χ2v) is 3.37. The zero-order valence-corrected chi connectivity index (χ0v) is 8.93. The lowest BCUT2D eigenvalue weighted by atomic mass is 10.1. The van der Waals surface area contributed by atoms with E-state index in [9.17, 15) is 0 Å². The molecule has 0 fully saturated rings. The Morgan fingerprint density at radius 3 is 2.31 bits per heavy atom. The maximum atomic E-state index is 3.14. The van der Waals surface area contributed by atoms with Crippen molar-refractivity contribution in [1.29, 1.82) is 0 Å². The molecule has 0 N–H and O–H groups in total. The van der Waals surface area contributed by atoms with Gasteiger partial charge in [0.25, 0.3) is 0 Å². The summed E-state index contributed by atoms with van der Waals surface area (Å²) in [5, 5.41) is 0. The van der Waals surface area contributed by atoms with Gasteiger partial charge in [-0.3, -0.25) is 0 Å². The molecular formula is C16H12. The highest BCUT2D eigenvalue weighted by Gasteiger charge is 1.85. The molecule has 2 rings (SSSR count). The van der Waals surface area contributed by atoms with Crippen LogP contribution < -0.4 is 0 Å². The minimum absolute atomic E-state index is 1.02. The lowest BCUT2D eigenvalue weighted by Gasteiger charge is -1.90. The fourth-order valence-corrected chi connectivity index (χ4v) is 1.32. The normalized spacial score (nSPS) is 22.6. The van der Waals surface area contributed by atoms with Gasteiger partial charge in [0.15, 0.2) is 0 Å². The molecule has 1 aliphatic carbocycles. The topological polar surface area (TPSA) is 0 Å². The van der Waals surface area contributed by atoms with Crippen LogP contribution in [0.2, 0.25) is 0 Å². The summed E-state index contributed by atoms with van der Waals surface area (Å²) in [7, 11) is 0. The van der Waals surface area contributed by atoms with Crippen molar-refractivity contribution in [2.45, 2.75) is 0 Å². The van der Waals surface area contributed by atoms with E-state index in [4.69, 9.17) is 0 Å². The maximum absolute atomic E-state index is 3.14. The van der Waals surface area contributed by atoms with Crippen LogP contribution in [0.1, 0.15) is 5.56 Å². The third-order valence-corrected chi connectivity index (χ3v) is 2.12. The van der Waals surface area contributed by atoms with E-state index in [1.165, 1.54) is 0 Å². The molecule has 0 aliphatic heterocycles. The molecule has 0 bridgehead atoms. The Labute approximate surface area is 96.3 Å². The van der Waals surface area contributed by atoms with E-state index < -0.39 is 0 Å². The summed E-state index contributed by atoms with van der Waals surface area (Å²) in [4.78, 5) is 0. The fraction of sp³-hybridized carbons (Fsp3) is 0. The van der Waals surface area contributed by atoms with Crippen molar-refractivity contribution in [1.82, 2.24) is 0 Å². The van der Waals surface area contributed by atoms with E-state index >= 15 is 0 Å². The average molecular weight is 204 g/mol. The van der Waals surface area contributed by atoms with Crippen molar-refractivity contribution in [3.63, 3.8) is 0 Å². The van der Waals surface area contributed by atoms with Gasteiger partial charge in [-0.2, -0.15) is 0 Å². The van der Waals surface area contributed by atoms with E-state index in [-0.39, 0.29) is 0 Å². The van der Waals surface area contributed by atoms with Crippen LogP contribution in [0, 0.1) is 11.8 Å². The molecule has 1 aliphatic rings. The van der Waals surface area contributed by atoms with Crippen LogP contribution in [0.4, 0.5) is 0 Å². The second-order valence-electron chi connectivity index (χ2n) is 3.37. The zero-order valence-electron chi connectivity index (χ0n) is 8.93. The Hall–Kier alpha value is -2.26. The van der Waals surface area contributed by atoms with Crippen molar-refractivity contribution in [2.24, 2.45) is 0 Å². The lowest BCUT2D eigenvalue weighted by Crippen LogP contribution is -1.75. The van der Waals surface area contributed by atoms with Gasteiger partial charge < -0.3 is 0 Å². The number of rotatable bonds is 0. The largest absolute Gasteiger partial charge is 0.0623 e. The molecule has 0 atom stereocenters. The van der Waals surface area contributed by atoms with Gasteiger partial charge in [0.1, 0.15) is 0 Å². The van der Waals surface area contributed by atoms with Crippen molar-refractivity contribution in [2.75, 3.05) is 0 Å². The third kappa shape index (κ3) is 3.15. The summed E-state index contributed by atoms with van der Waals surface area (Å²) in [6.07, 6.45) is 14.0. The highest BCUT2D eigenvalue weighted by molar-refractivity contribution is 5.47. The van der Waals surface area contributed by atoms with Crippen molar-refractivity contribution in [3.05, 3.63) is 84.0 Å². The Morgan fingerprint density at radius 2 is 1.44 bits per heavy atom. The Balaban J connectivity index is 2.19. The number of allylic oxidation sites excluding steroid dienone is 8. The van der Waals surface area contributed by atoms with Crippen molar-refractivity contribution < 1.29 is 0 Å². The number of benzene rings is 1. The maximum Gasteiger partial charge on any atom is 0.0249 e. The van der Waals surface area contributed by atoms with Gasteiger partial charge in [-0.25, -0.2) is 0 Å². The Kier molecular flexibility index (Phi) is 3.58. The summed E-state index contributed by atoms with van der Waals surface area (Å²) in [5.74, 6) is 6.28. The van der Waals surface area contributed by atoms with Crippen LogP contribution in [0.25, 0.3) is 0 Å². The van der Waals surface area contributed by atoms with E-state index in [1.54, 1.807) is 0 Å². The van der Waals surface area contributed by atoms with Gasteiger partial charge in [0.05, 0.1) is 0 Å². The predicted molar refractivity (Wildman–Crippen MR) is 68.8 cm³/mol. The molecule has 16 heavy (non-hydrogen) atoms. The summed E-state index contributed by atoms with van der Waals surface area (Å²) in [5.41, 5.74) is 2.06. The van der Waals surface area contributed by atoms with Gasteiger partial charge in [-0.1, -0.05) is 60.4 Å². The van der Waals surface area contributed by atoms with Gasteiger partial charge in [0.2, 0.25) is 0 Å². The molecule has 1 aromatic rings. The first-order chi connectivity index (χ1) is 7.95. The Morgan fingerprint density at radius 1 is 0.688 bits per heavy atom. The van der Waals surface area contributed by atoms with Gasteiger partial charge in [-0.15, -0.1) is 0 Å². The SMILES string of the molecule is C(#Cc1ccccc1)C1=C/C=C\C=C/C=C\1. The molecule has 0 heteroatoms. The van der Waals surface area contributed by atoms with E-state index in [1.807, 2.05) is 72.9 Å². The summed E-state index contributed by atoms with van der Waals surface area (Å²) in [6.45, 7) is 0. The second kappa shape index (κ2) is 5.58. The molecule has 0 aromatic heterocycles. The first kappa shape index (κ1) is 10.3. The summed E-state index contributed by atoms with van der Waals surface area (Å²) >= 11 is 0. The first-order valence-electron chi connectivity index (χ1n) is 5.24. The number of hydrogen-bond acceptors (Lipinski definition) is 0. The van der Waals surface area contributed by atoms with Crippen molar-refractivity contribution in [3.8, 4) is 11.8 Å². The van der Waals surface area contributed by atoms with E-state index in [0.29, 0.717) is 0 Å². The van der Waals surface area contributed by atoms with Crippen LogP contribution >= 0.6 is 0 Å². The molecule has 0 unspecified atom stereocenters. The molecule has 0 radical (unpaired) electrons. The summed E-state index contributed by atoms with van der Waals surface area (Å²) in [6, 6.07) is 10.0. The highest BCUT2D eigenvalue weighted by Crippen LogP contribution is 2.01. The molecule has 0 saturated carbocycles. The molecule has 0 amide bonds. The highest BCUT2D eigenvalue weighted by atomic mass is 13.9. The predicted octanol–water partition coefficient (Wildman–Crippen LogP) is 3.65. The molecule has 0 spiro atoms. The van der Waals surface area contributed by atoms with Gasteiger partial charge in [-0.05, 0) is 24.3 Å². The Bertz CT molecular complexity index is 514. The molecule has 1 aromatic carbocycles. The molecule has 76 valence electrons. The molecule has 0 nitrogen and oxygen atoms in total. The van der Waals surface area contributed by atoms with Crippen LogP contribution in [-0.2, 0) is 0 Å². The van der Waals surface area contributed by atoms with Crippen LogP contribution in [0.15, 0.2) is 78.4 Å². The average Bonchev–Trinajstić information content (AvgIpc) is 2.29. The van der Waals surface area contributed by atoms with Gasteiger partial charge >= 0.3 is 0 Å². The standard InChI is InChI=1S/C16H12/c1-2-5-9-15(10-6-3-1)13-14-16-11-7-4-8-12-16/h1-12H/b2-1-,3-1?,5-2?,6-3-,9-5-,10-6?,15-9?,15-10+. The third-order valence-electron chi connectivity index (χ3n) is 2.12. The number of hydrogen-bond donors (Lipinski definition) is 0. The lowest BCUT2D eigenvalue weighted by molar-refractivity contribution is 1.64. The minimum atomic E-state index is 1.02. The minimum Gasteiger partial charge on any atom is -0.0623 e. The van der Waals surface area contributed by atoms with Crippen LogP contribution in [0.3, 0.4) is 0 Å². The fourth-order valence-electron chi connectivity index (χ4n) is 1.32. The first-order valence-corrected chi connectivity index (χ1v) is 5.24. The van der Waals surface area contributed by atoms with E-state index in [2.05, 4.69) is 11.8 Å². The van der Waals surface area contributed by atoms with Crippen molar-refractivity contribution >= 4 is 0 Å². The monoisotopic (exact) mass is 204 g/mol. The van der Waals surface area contributed by atoms with Gasteiger partial charge in [0, 0.05) is 11.1 Å². The summed E-state index contributed by atoms with van der Waals surface area (Å²) < 4.78 is 0. The smallest absolute Gasteiger partial charge is 0.0249 e. The van der Waals surface area contributed by atoms with Crippen LogP contribution in [0.5, 0.6) is 0 Å². The van der Waals surface area contributed by atoms with Crippen LogP contribution in [-0.4, -0.2) is 0 Å². The quantitative estimate of drug-likeness (QED) is 0.566. The molecule has 0 heterocycles. The zero-order chi connectivity index (χ0) is 11.1. The molecular weight excluding hydrogens is 192 g/mol. The van der Waals surface area contributed by atoms with E-state index in [0.717, 1.165) is 11.1 Å². The molecule has 0 saturated heterocycles.